The highest BCUT2D eigenvalue weighted by molar-refractivity contribution is 8.01. The maximum Gasteiger partial charge on any atom is 0.206 e. The number of benzene rings is 1. The van der Waals surface area contributed by atoms with Crippen molar-refractivity contribution < 1.29 is 9.13 Å². The molecule has 2 aromatic rings. The molecule has 0 fully saturated rings. The van der Waals surface area contributed by atoms with Crippen LogP contribution in [0.15, 0.2) is 28.6 Å². The molecule has 0 saturated carbocycles. The van der Waals surface area contributed by atoms with Crippen LogP contribution in [0, 0.1) is 5.82 Å². The van der Waals surface area contributed by atoms with Gasteiger partial charge in [0.2, 0.25) is 5.13 Å². The minimum atomic E-state index is -0.216. The molecule has 1 unspecified atom stereocenters. The Morgan fingerprint density at radius 2 is 2.10 bits per heavy atom. The Morgan fingerprint density at radius 3 is 2.80 bits per heavy atom. The number of nitrogens with zero attached hydrogens (tertiary/aromatic N) is 2. The van der Waals surface area contributed by atoms with E-state index in [1.807, 2.05) is 0 Å². The zero-order chi connectivity index (χ0) is 14.4. The number of rotatable bonds is 7. The Morgan fingerprint density at radius 1 is 1.35 bits per heavy atom. The summed E-state index contributed by atoms with van der Waals surface area (Å²) in [6.45, 7) is 3.41. The summed E-state index contributed by atoms with van der Waals surface area (Å²) < 4.78 is 18.7. The molecule has 4 nitrogen and oxygen atoms in total. The molecule has 0 spiro atoms. The zero-order valence-electron chi connectivity index (χ0n) is 11.3. The Labute approximate surface area is 125 Å². The van der Waals surface area contributed by atoms with Crippen LogP contribution < -0.4 is 5.32 Å². The molecule has 0 aliphatic heterocycles. The van der Waals surface area contributed by atoms with Gasteiger partial charge in [-0.25, -0.2) is 4.39 Å². The Kier molecular flexibility index (Phi) is 5.75. The van der Waals surface area contributed by atoms with Crippen molar-refractivity contribution in [2.45, 2.75) is 16.5 Å². The number of hydrogen-bond acceptors (Lipinski definition) is 6. The van der Waals surface area contributed by atoms with Gasteiger partial charge in [0.1, 0.15) is 5.82 Å². The highest BCUT2D eigenvalue weighted by Crippen LogP contribution is 2.37. The molecule has 0 aliphatic carbocycles. The summed E-state index contributed by atoms with van der Waals surface area (Å²) in [6.07, 6.45) is 0. The fraction of sp³-hybridized carbons (Fsp3) is 0.385. The molecule has 0 radical (unpaired) electrons. The van der Waals surface area contributed by atoms with Crippen molar-refractivity contribution in [3.63, 3.8) is 0 Å². The lowest BCUT2D eigenvalue weighted by Crippen LogP contribution is -2.06. The van der Waals surface area contributed by atoms with E-state index in [2.05, 4.69) is 22.4 Å². The van der Waals surface area contributed by atoms with Crippen LogP contribution in [0.25, 0.3) is 0 Å². The largest absolute Gasteiger partial charge is 0.383 e. The van der Waals surface area contributed by atoms with Crippen LogP contribution in [0.5, 0.6) is 0 Å². The van der Waals surface area contributed by atoms with Crippen molar-refractivity contribution in [3.05, 3.63) is 35.6 Å². The minimum absolute atomic E-state index is 0.204. The van der Waals surface area contributed by atoms with Crippen molar-refractivity contribution in [1.82, 2.24) is 10.2 Å². The maximum atomic E-state index is 12.9. The maximum absolute atomic E-state index is 12.9. The summed E-state index contributed by atoms with van der Waals surface area (Å²) in [4.78, 5) is 0. The van der Waals surface area contributed by atoms with E-state index < -0.39 is 0 Å². The number of halogens is 1. The van der Waals surface area contributed by atoms with Gasteiger partial charge in [-0.1, -0.05) is 35.2 Å². The summed E-state index contributed by atoms with van der Waals surface area (Å²) in [5, 5.41) is 12.3. The molecule has 1 N–H and O–H groups in total. The van der Waals surface area contributed by atoms with Gasteiger partial charge >= 0.3 is 0 Å². The smallest absolute Gasteiger partial charge is 0.206 e. The summed E-state index contributed by atoms with van der Waals surface area (Å²) >= 11 is 3.12. The van der Waals surface area contributed by atoms with Gasteiger partial charge in [0.25, 0.3) is 0 Å². The molecule has 0 aliphatic rings. The van der Waals surface area contributed by atoms with Gasteiger partial charge in [0, 0.05) is 18.9 Å². The van der Waals surface area contributed by atoms with Crippen LogP contribution in [0.2, 0.25) is 0 Å². The third-order valence-corrected chi connectivity index (χ3v) is 4.73. The van der Waals surface area contributed by atoms with Gasteiger partial charge in [0.05, 0.1) is 6.61 Å². The van der Waals surface area contributed by atoms with Crippen molar-refractivity contribution in [2.75, 3.05) is 25.6 Å². The molecule has 20 heavy (non-hydrogen) atoms. The summed E-state index contributed by atoms with van der Waals surface area (Å²) in [6, 6.07) is 6.55. The topological polar surface area (TPSA) is 47.0 Å². The molecule has 108 valence electrons. The number of hydrogen-bond donors (Lipinski definition) is 1. The highest BCUT2D eigenvalue weighted by atomic mass is 32.2. The number of methoxy groups -OCH3 is 1. The summed E-state index contributed by atoms with van der Waals surface area (Å²) in [5.74, 6) is -0.216. The van der Waals surface area contributed by atoms with Gasteiger partial charge in [-0.05, 0) is 24.6 Å². The molecule has 1 aromatic carbocycles. The van der Waals surface area contributed by atoms with Crippen LogP contribution in [-0.4, -0.2) is 30.5 Å². The van der Waals surface area contributed by atoms with Crippen LogP contribution in [-0.2, 0) is 4.74 Å². The van der Waals surface area contributed by atoms with E-state index in [9.17, 15) is 4.39 Å². The first-order valence-corrected chi connectivity index (χ1v) is 7.87. The van der Waals surface area contributed by atoms with Gasteiger partial charge in [-0.15, -0.1) is 10.2 Å². The Balaban J connectivity index is 1.91. The third kappa shape index (κ3) is 4.43. The van der Waals surface area contributed by atoms with E-state index in [0.29, 0.717) is 13.2 Å². The number of thioether (sulfide) groups is 1. The zero-order valence-corrected chi connectivity index (χ0v) is 12.9. The first-order chi connectivity index (χ1) is 9.69. The van der Waals surface area contributed by atoms with E-state index in [4.69, 9.17) is 4.74 Å². The first kappa shape index (κ1) is 15.2. The van der Waals surface area contributed by atoms with E-state index in [-0.39, 0.29) is 11.1 Å². The fourth-order valence-corrected chi connectivity index (χ4v) is 3.59. The Hall–Kier alpha value is -1.18. The molecule has 1 heterocycles. The lowest BCUT2D eigenvalue weighted by atomic mass is 10.2. The predicted molar refractivity (Wildman–Crippen MR) is 80.9 cm³/mol. The second-order valence-electron chi connectivity index (χ2n) is 4.10. The first-order valence-electron chi connectivity index (χ1n) is 6.17. The standard InChI is InChI=1S/C13H16FN3OS2/c1-9(10-3-5-11(14)6-4-10)19-13-17-16-12(20-13)15-7-8-18-2/h3-6,9H,7-8H2,1-2H3,(H,15,16). The van der Waals surface area contributed by atoms with Gasteiger partial charge in [-0.3, -0.25) is 0 Å². The van der Waals surface area contributed by atoms with Crippen LogP contribution in [0.1, 0.15) is 17.7 Å². The molecule has 0 amide bonds. The van der Waals surface area contributed by atoms with Gasteiger partial charge in [0.15, 0.2) is 4.34 Å². The Bertz CT molecular complexity index is 533. The number of ether oxygens (including phenoxy) is 1. The molecule has 2 rings (SSSR count). The van der Waals surface area contributed by atoms with Crippen molar-refractivity contribution in [3.8, 4) is 0 Å². The summed E-state index contributed by atoms with van der Waals surface area (Å²) in [7, 11) is 1.66. The number of anilines is 1. The number of aromatic nitrogens is 2. The van der Waals surface area contributed by atoms with Crippen LogP contribution in [0.3, 0.4) is 0 Å². The average Bonchev–Trinajstić information content (AvgIpc) is 2.87. The fourth-order valence-electron chi connectivity index (χ4n) is 1.54. The molecule has 1 atom stereocenters. The quantitative estimate of drug-likeness (QED) is 0.625. The second-order valence-corrected chi connectivity index (χ2v) is 6.67. The molecular formula is C13H16FN3OS2. The SMILES string of the molecule is COCCNc1nnc(SC(C)c2ccc(F)cc2)s1. The monoisotopic (exact) mass is 313 g/mol. The number of nitrogens with one attached hydrogen (secondary N) is 1. The molecule has 1 aromatic heterocycles. The normalized spacial score (nSPS) is 12.3. The second kappa shape index (κ2) is 7.56. The van der Waals surface area contributed by atoms with Crippen molar-refractivity contribution in [1.29, 1.82) is 0 Å². The van der Waals surface area contributed by atoms with Crippen molar-refractivity contribution in [2.24, 2.45) is 0 Å². The lowest BCUT2D eigenvalue weighted by Gasteiger charge is -2.08. The average molecular weight is 313 g/mol. The molecule has 0 bridgehead atoms. The molecule has 0 saturated heterocycles. The highest BCUT2D eigenvalue weighted by Gasteiger charge is 2.11. The van der Waals surface area contributed by atoms with Crippen LogP contribution >= 0.6 is 23.1 Å². The van der Waals surface area contributed by atoms with E-state index in [1.54, 1.807) is 31.0 Å². The van der Waals surface area contributed by atoms with Gasteiger partial charge in [-0.2, -0.15) is 0 Å². The van der Waals surface area contributed by atoms with E-state index in [1.165, 1.54) is 23.5 Å². The third-order valence-electron chi connectivity index (χ3n) is 2.61. The molecular weight excluding hydrogens is 297 g/mol. The van der Waals surface area contributed by atoms with E-state index >= 15 is 0 Å². The summed E-state index contributed by atoms with van der Waals surface area (Å²) in [5.41, 5.74) is 1.07. The lowest BCUT2D eigenvalue weighted by molar-refractivity contribution is 0.211. The predicted octanol–water partition coefficient (Wildman–Crippen LogP) is 3.59. The molecule has 7 heteroatoms. The van der Waals surface area contributed by atoms with Crippen LogP contribution in [0.4, 0.5) is 9.52 Å². The minimum Gasteiger partial charge on any atom is -0.383 e. The van der Waals surface area contributed by atoms with E-state index in [0.717, 1.165) is 15.0 Å². The van der Waals surface area contributed by atoms with Gasteiger partial charge < -0.3 is 10.1 Å². The van der Waals surface area contributed by atoms with Crippen molar-refractivity contribution >= 4 is 28.2 Å².